The summed E-state index contributed by atoms with van der Waals surface area (Å²) in [5.41, 5.74) is 0.928. The van der Waals surface area contributed by atoms with Gasteiger partial charge in [-0.1, -0.05) is 0 Å². The van der Waals surface area contributed by atoms with Crippen molar-refractivity contribution in [3.8, 4) is 0 Å². The highest BCUT2D eigenvalue weighted by Gasteiger charge is 2.23. The van der Waals surface area contributed by atoms with Crippen molar-refractivity contribution in [1.82, 2.24) is 29.9 Å². The van der Waals surface area contributed by atoms with Crippen LogP contribution in [-0.4, -0.2) is 60.8 Å². The summed E-state index contributed by atoms with van der Waals surface area (Å²) in [6.45, 7) is 5.11. The first-order valence-electron chi connectivity index (χ1n) is 8.96. The summed E-state index contributed by atoms with van der Waals surface area (Å²) in [7, 11) is -0.0213. The van der Waals surface area contributed by atoms with E-state index in [4.69, 9.17) is 0 Å². The molecule has 1 saturated heterocycles. The minimum Gasteiger partial charge on any atom is -0.347 e. The van der Waals surface area contributed by atoms with Crippen LogP contribution in [0.25, 0.3) is 0 Å². The summed E-state index contributed by atoms with van der Waals surface area (Å²) in [4.78, 5) is 17.5. The number of nitrogens with one attached hydrogen (secondary N) is 2. The monoisotopic (exact) mass is 394 g/mol. The highest BCUT2D eigenvalue weighted by Crippen LogP contribution is 2.19. The molecular formula is C16H26N8O2S. The zero-order valence-electron chi connectivity index (χ0n) is 16.2. The van der Waals surface area contributed by atoms with E-state index in [9.17, 15) is 8.42 Å². The minimum absolute atomic E-state index is 0.0173. The van der Waals surface area contributed by atoms with E-state index in [0.717, 1.165) is 25.9 Å². The van der Waals surface area contributed by atoms with Gasteiger partial charge in [0, 0.05) is 27.2 Å². The largest absolute Gasteiger partial charge is 0.347 e. The predicted molar refractivity (Wildman–Crippen MR) is 102 cm³/mol. The van der Waals surface area contributed by atoms with Gasteiger partial charge in [0.25, 0.3) is 0 Å². The minimum atomic E-state index is -3.72. The molecule has 27 heavy (non-hydrogen) atoms. The van der Waals surface area contributed by atoms with Crippen molar-refractivity contribution >= 4 is 21.9 Å². The molecule has 2 N–H and O–H groups in total. The summed E-state index contributed by atoms with van der Waals surface area (Å²) in [6.07, 6.45) is 3.41. The second kappa shape index (κ2) is 7.77. The number of aromatic nitrogens is 5. The second-order valence-electron chi connectivity index (χ2n) is 6.88. The van der Waals surface area contributed by atoms with Gasteiger partial charge in [-0.2, -0.15) is 20.1 Å². The molecule has 0 saturated carbocycles. The maximum absolute atomic E-state index is 12.7. The average Bonchev–Trinajstić information content (AvgIpc) is 2.99. The molecule has 0 unspecified atom stereocenters. The quantitative estimate of drug-likeness (QED) is 0.736. The molecule has 0 spiro atoms. The lowest BCUT2D eigenvalue weighted by Gasteiger charge is -2.27. The smallest absolute Gasteiger partial charge is 0.244 e. The number of anilines is 2. The van der Waals surface area contributed by atoms with Gasteiger partial charge in [0.1, 0.15) is 4.90 Å². The number of aryl methyl sites for hydroxylation is 2. The van der Waals surface area contributed by atoms with Crippen molar-refractivity contribution < 1.29 is 8.42 Å². The number of piperidine rings is 1. The maximum Gasteiger partial charge on any atom is 0.244 e. The van der Waals surface area contributed by atoms with E-state index in [0.29, 0.717) is 29.1 Å². The number of H-pyrrole nitrogens is 1. The number of aromatic amines is 1. The summed E-state index contributed by atoms with van der Waals surface area (Å²) < 4.78 is 27.9. The van der Waals surface area contributed by atoms with Crippen molar-refractivity contribution in [3.63, 3.8) is 0 Å². The van der Waals surface area contributed by atoms with Gasteiger partial charge in [0.05, 0.1) is 17.9 Å². The van der Waals surface area contributed by atoms with Crippen LogP contribution in [0.4, 0.5) is 11.9 Å². The first kappa shape index (κ1) is 19.5. The van der Waals surface area contributed by atoms with Gasteiger partial charge in [-0.15, -0.1) is 0 Å². The number of rotatable bonds is 6. The van der Waals surface area contributed by atoms with Crippen LogP contribution >= 0.6 is 0 Å². The molecule has 148 valence electrons. The summed E-state index contributed by atoms with van der Waals surface area (Å²) in [5, 5.41) is 6.64. The lowest BCUT2D eigenvalue weighted by molar-refractivity contribution is 0.563. The molecule has 3 rings (SSSR count). The Balaban J connectivity index is 1.84. The molecule has 0 radical (unpaired) electrons. The Bertz CT molecular complexity index is 884. The predicted octanol–water partition coefficient (Wildman–Crippen LogP) is 0.746. The zero-order chi connectivity index (χ0) is 19.6. The first-order chi connectivity index (χ1) is 12.8. The Hall–Kier alpha value is -2.27. The van der Waals surface area contributed by atoms with E-state index < -0.39 is 10.0 Å². The maximum atomic E-state index is 12.7. The molecule has 2 aromatic rings. The molecule has 3 heterocycles. The summed E-state index contributed by atoms with van der Waals surface area (Å²) in [6, 6.07) is 0. The molecular weight excluding hydrogens is 368 g/mol. The van der Waals surface area contributed by atoms with E-state index in [-0.39, 0.29) is 11.4 Å². The Kier molecular flexibility index (Phi) is 5.61. The molecule has 10 nitrogen and oxygen atoms in total. The molecule has 1 fully saturated rings. The van der Waals surface area contributed by atoms with Gasteiger partial charge in [-0.3, -0.25) is 5.10 Å². The fourth-order valence-corrected chi connectivity index (χ4v) is 4.42. The SMILES string of the molecule is Cc1n[nH]c(C)c1S(=O)(=O)NCc1nc(N(C)C)nc(N2CCCCC2)n1. The number of hydrogen-bond donors (Lipinski definition) is 2. The van der Waals surface area contributed by atoms with Gasteiger partial charge < -0.3 is 9.80 Å². The third-order valence-corrected chi connectivity index (χ3v) is 6.11. The fourth-order valence-electron chi connectivity index (χ4n) is 3.08. The summed E-state index contributed by atoms with van der Waals surface area (Å²) in [5.74, 6) is 1.49. The van der Waals surface area contributed by atoms with Gasteiger partial charge in [-0.25, -0.2) is 13.1 Å². The van der Waals surface area contributed by atoms with Crippen LogP contribution in [0, 0.1) is 13.8 Å². The summed E-state index contributed by atoms with van der Waals surface area (Å²) >= 11 is 0. The third-order valence-electron chi connectivity index (χ3n) is 4.45. The third kappa shape index (κ3) is 4.35. The molecule has 0 bridgehead atoms. The van der Waals surface area contributed by atoms with E-state index in [2.05, 4.69) is 34.8 Å². The Labute approximate surface area is 159 Å². The fraction of sp³-hybridized carbons (Fsp3) is 0.625. The molecule has 0 amide bonds. The molecule has 11 heteroatoms. The lowest BCUT2D eigenvalue weighted by atomic mass is 10.1. The van der Waals surface area contributed by atoms with Crippen molar-refractivity contribution in [3.05, 3.63) is 17.2 Å². The van der Waals surface area contributed by atoms with Crippen molar-refractivity contribution in [2.45, 2.75) is 44.6 Å². The lowest BCUT2D eigenvalue weighted by Crippen LogP contribution is -2.33. The molecule has 0 aromatic carbocycles. The molecule has 0 aliphatic carbocycles. The van der Waals surface area contributed by atoms with Gasteiger partial charge in [0.15, 0.2) is 5.82 Å². The topological polar surface area (TPSA) is 120 Å². The standard InChI is InChI=1S/C16H26N8O2S/c1-11-14(12(2)22-21-11)27(25,26)17-10-13-18-15(23(3)4)20-16(19-13)24-8-6-5-7-9-24/h17H,5-10H2,1-4H3,(H,21,22). The van der Waals surface area contributed by atoms with Crippen LogP contribution in [0.5, 0.6) is 0 Å². The van der Waals surface area contributed by atoms with Gasteiger partial charge >= 0.3 is 0 Å². The Morgan fingerprint density at radius 2 is 1.81 bits per heavy atom. The second-order valence-corrected chi connectivity index (χ2v) is 8.59. The van der Waals surface area contributed by atoms with Crippen LogP contribution in [0.2, 0.25) is 0 Å². The number of sulfonamides is 1. The number of hydrogen-bond acceptors (Lipinski definition) is 8. The van der Waals surface area contributed by atoms with Gasteiger partial charge in [0.2, 0.25) is 21.9 Å². The molecule has 1 aliphatic heterocycles. The molecule has 0 atom stereocenters. The van der Waals surface area contributed by atoms with Crippen LogP contribution in [0.3, 0.4) is 0 Å². The van der Waals surface area contributed by atoms with Crippen LogP contribution < -0.4 is 14.5 Å². The van der Waals surface area contributed by atoms with E-state index in [1.807, 2.05) is 14.1 Å². The normalized spacial score (nSPS) is 15.2. The van der Waals surface area contributed by atoms with Crippen LogP contribution in [0.15, 0.2) is 4.90 Å². The number of nitrogens with zero attached hydrogens (tertiary/aromatic N) is 6. The van der Waals surface area contributed by atoms with Crippen molar-refractivity contribution in [2.24, 2.45) is 0 Å². The highest BCUT2D eigenvalue weighted by molar-refractivity contribution is 7.89. The Morgan fingerprint density at radius 3 is 2.41 bits per heavy atom. The van der Waals surface area contributed by atoms with Crippen molar-refractivity contribution in [1.29, 1.82) is 0 Å². The highest BCUT2D eigenvalue weighted by atomic mass is 32.2. The van der Waals surface area contributed by atoms with Crippen LogP contribution in [0.1, 0.15) is 36.5 Å². The van der Waals surface area contributed by atoms with E-state index in [1.165, 1.54) is 6.42 Å². The van der Waals surface area contributed by atoms with Crippen molar-refractivity contribution in [2.75, 3.05) is 37.0 Å². The first-order valence-corrected chi connectivity index (χ1v) is 10.4. The zero-order valence-corrected chi connectivity index (χ0v) is 17.0. The Morgan fingerprint density at radius 1 is 1.11 bits per heavy atom. The average molecular weight is 395 g/mol. The van der Waals surface area contributed by atoms with E-state index >= 15 is 0 Å². The van der Waals surface area contributed by atoms with E-state index in [1.54, 1.807) is 18.7 Å². The molecule has 1 aliphatic rings. The molecule has 2 aromatic heterocycles. The van der Waals surface area contributed by atoms with Gasteiger partial charge in [-0.05, 0) is 33.1 Å². The van der Waals surface area contributed by atoms with Crippen LogP contribution in [-0.2, 0) is 16.6 Å².